The van der Waals surface area contributed by atoms with Gasteiger partial charge in [-0.05, 0) is 40.2 Å². The van der Waals surface area contributed by atoms with Crippen LogP contribution in [0.2, 0.25) is 0 Å². The van der Waals surface area contributed by atoms with Crippen LogP contribution in [-0.2, 0) is 29.6 Å². The molecular weight excluding hydrogens is 464 g/mol. The van der Waals surface area contributed by atoms with Gasteiger partial charge < -0.3 is 9.84 Å². The second kappa shape index (κ2) is 9.58. The number of nitrogens with one attached hydrogen (secondary N) is 1. The lowest BCUT2D eigenvalue weighted by molar-refractivity contribution is -0.143. The zero-order chi connectivity index (χ0) is 21.3. The lowest BCUT2D eigenvalue weighted by Gasteiger charge is -2.29. The third kappa shape index (κ3) is 6.36. The van der Waals surface area contributed by atoms with E-state index in [1.165, 1.54) is 6.07 Å². The fourth-order valence-electron chi connectivity index (χ4n) is 2.74. The minimum Gasteiger partial charge on any atom is -0.466 e. The first kappa shape index (κ1) is 26.3. The third-order valence-electron chi connectivity index (χ3n) is 3.81. The number of rotatable bonds is 7. The monoisotopic (exact) mass is 490 g/mol. The Balaban J connectivity index is 0.00000420. The maximum atomic E-state index is 12.9. The number of aliphatic hydroxyl groups is 1. The molecule has 1 aliphatic heterocycles. The van der Waals surface area contributed by atoms with Crippen LogP contribution in [0.25, 0.3) is 0 Å². The molecule has 0 bridgehead atoms. The zero-order valence-electron chi connectivity index (χ0n) is 16.7. The normalized spacial score (nSPS) is 19.3. The molecule has 2 rings (SSSR count). The van der Waals surface area contributed by atoms with Crippen LogP contribution in [0.5, 0.6) is 0 Å². The Morgan fingerprint density at radius 1 is 1.41 bits per heavy atom. The highest BCUT2D eigenvalue weighted by atomic mass is 35.5. The molecule has 0 spiro atoms. The molecule has 0 saturated heterocycles. The van der Waals surface area contributed by atoms with E-state index < -0.39 is 37.7 Å². The highest BCUT2D eigenvalue weighted by Gasteiger charge is 2.40. The number of hydrogen-bond donors (Lipinski definition) is 2. The van der Waals surface area contributed by atoms with Gasteiger partial charge >= 0.3 is 5.97 Å². The molecule has 0 unspecified atom stereocenters. The summed E-state index contributed by atoms with van der Waals surface area (Å²) in [5.41, 5.74) is -0.652. The van der Waals surface area contributed by atoms with Gasteiger partial charge in [-0.2, -0.15) is 4.31 Å². The van der Waals surface area contributed by atoms with Crippen LogP contribution < -0.4 is 4.72 Å². The van der Waals surface area contributed by atoms with Gasteiger partial charge in [0.1, 0.15) is 8.42 Å². The molecular formula is C16H27ClN2O7S3. The number of nitrogens with zero attached hydrogens (tertiary/aromatic N) is 1. The smallest absolute Gasteiger partial charge is 0.305 e. The average molecular weight is 491 g/mol. The number of fused-ring (bicyclic) bond motifs is 1. The number of β-amino-alcohol motifs (C(OH)–C–C–N with tert-alkyl or cyclic N) is 1. The quantitative estimate of drug-likeness (QED) is 0.555. The van der Waals surface area contributed by atoms with Gasteiger partial charge in [-0.3, -0.25) is 4.79 Å². The first-order valence-electron chi connectivity index (χ1n) is 8.79. The molecule has 0 aromatic carbocycles. The van der Waals surface area contributed by atoms with E-state index in [1.807, 2.05) is 0 Å². The SMILES string of the molecule is CCOC(=O)CCCN1C[C@@H](O)c2cc(S(=O)(=O)NC(C)(C)C)sc2S1(=O)=O.Cl. The minimum atomic E-state index is -3.96. The van der Waals surface area contributed by atoms with E-state index in [9.17, 15) is 26.7 Å². The summed E-state index contributed by atoms with van der Waals surface area (Å²) in [5.74, 6) is -0.420. The molecule has 0 fully saturated rings. The Kier molecular flexibility index (Phi) is 8.68. The van der Waals surface area contributed by atoms with Crippen molar-refractivity contribution in [3.05, 3.63) is 11.6 Å². The number of sulfonamides is 2. The Morgan fingerprint density at radius 3 is 2.59 bits per heavy atom. The first-order valence-corrected chi connectivity index (χ1v) is 12.5. The summed E-state index contributed by atoms with van der Waals surface area (Å²) in [5, 5.41) is 10.4. The van der Waals surface area contributed by atoms with Crippen LogP contribution in [0, 0.1) is 0 Å². The average Bonchev–Trinajstić information content (AvgIpc) is 2.98. The Morgan fingerprint density at radius 2 is 2.03 bits per heavy atom. The van der Waals surface area contributed by atoms with Crippen LogP contribution in [0.15, 0.2) is 14.5 Å². The zero-order valence-corrected chi connectivity index (χ0v) is 19.9. The van der Waals surface area contributed by atoms with Crippen LogP contribution in [0.1, 0.15) is 52.2 Å². The molecule has 0 aliphatic carbocycles. The molecule has 29 heavy (non-hydrogen) atoms. The number of hydrogen-bond acceptors (Lipinski definition) is 8. The van der Waals surface area contributed by atoms with Crippen molar-refractivity contribution in [2.45, 2.75) is 60.6 Å². The van der Waals surface area contributed by atoms with Gasteiger partial charge in [0.25, 0.3) is 20.0 Å². The molecule has 1 aliphatic rings. The van der Waals surface area contributed by atoms with E-state index in [-0.39, 0.29) is 58.9 Å². The van der Waals surface area contributed by atoms with Crippen molar-refractivity contribution < 1.29 is 31.5 Å². The van der Waals surface area contributed by atoms with E-state index in [4.69, 9.17) is 4.74 Å². The van der Waals surface area contributed by atoms with Gasteiger partial charge in [0.05, 0.1) is 12.7 Å². The maximum Gasteiger partial charge on any atom is 0.305 e. The largest absolute Gasteiger partial charge is 0.466 e. The van der Waals surface area contributed by atoms with Crippen molar-refractivity contribution >= 4 is 49.8 Å². The fraction of sp³-hybridized carbons (Fsp3) is 0.688. The molecule has 0 amide bonds. The molecule has 13 heteroatoms. The summed E-state index contributed by atoms with van der Waals surface area (Å²) in [6.07, 6.45) is -0.846. The van der Waals surface area contributed by atoms with Crippen LogP contribution in [0.4, 0.5) is 0 Å². The molecule has 9 nitrogen and oxygen atoms in total. The number of thiophene rings is 1. The number of aliphatic hydroxyl groups excluding tert-OH is 1. The topological polar surface area (TPSA) is 130 Å². The highest BCUT2D eigenvalue weighted by Crippen LogP contribution is 2.40. The van der Waals surface area contributed by atoms with E-state index >= 15 is 0 Å². The van der Waals surface area contributed by atoms with E-state index in [2.05, 4.69) is 4.72 Å². The molecule has 2 N–H and O–H groups in total. The van der Waals surface area contributed by atoms with Gasteiger partial charge in [-0.1, -0.05) is 0 Å². The molecule has 2 heterocycles. The van der Waals surface area contributed by atoms with Crippen molar-refractivity contribution in [2.24, 2.45) is 0 Å². The predicted molar refractivity (Wildman–Crippen MR) is 111 cm³/mol. The number of ether oxygens (including phenoxy) is 1. The number of carbonyl (C=O) groups is 1. The summed E-state index contributed by atoms with van der Waals surface area (Å²) in [7, 11) is -7.89. The van der Waals surface area contributed by atoms with Crippen molar-refractivity contribution in [1.82, 2.24) is 9.03 Å². The standard InChI is InChI=1S/C16H26N2O7S3.ClH/c1-5-25-13(20)7-6-8-18-10-12(19)11-9-14(26-15(11)28(18,23)24)27(21,22)17-16(2,3)4;/h9,12,17,19H,5-8,10H2,1-4H3;1H/t12-;/m1./s1. The number of esters is 1. The minimum absolute atomic E-state index is 0. The summed E-state index contributed by atoms with van der Waals surface area (Å²) in [4.78, 5) is 11.4. The van der Waals surface area contributed by atoms with Crippen molar-refractivity contribution in [2.75, 3.05) is 19.7 Å². The van der Waals surface area contributed by atoms with Crippen molar-refractivity contribution in [3.8, 4) is 0 Å². The summed E-state index contributed by atoms with van der Waals surface area (Å²) < 4.78 is 58.8. The van der Waals surface area contributed by atoms with Crippen molar-refractivity contribution in [1.29, 1.82) is 0 Å². The maximum absolute atomic E-state index is 12.9. The van der Waals surface area contributed by atoms with Gasteiger partial charge in [0, 0.05) is 30.6 Å². The van der Waals surface area contributed by atoms with Crippen LogP contribution >= 0.6 is 23.7 Å². The Labute approximate surface area is 181 Å². The second-order valence-electron chi connectivity index (χ2n) is 7.45. The lowest BCUT2D eigenvalue weighted by Crippen LogP contribution is -2.40. The fourth-order valence-corrected chi connectivity index (χ4v) is 8.02. The Bertz CT molecular complexity index is 936. The van der Waals surface area contributed by atoms with E-state index in [0.29, 0.717) is 11.3 Å². The second-order valence-corrected chi connectivity index (χ2v) is 12.5. The highest BCUT2D eigenvalue weighted by molar-refractivity contribution is 7.94. The molecule has 1 atom stereocenters. The van der Waals surface area contributed by atoms with Crippen LogP contribution in [-0.4, -0.2) is 57.5 Å². The molecule has 0 radical (unpaired) electrons. The van der Waals surface area contributed by atoms with E-state index in [0.717, 1.165) is 4.31 Å². The first-order chi connectivity index (χ1) is 12.8. The van der Waals surface area contributed by atoms with Gasteiger partial charge in [0.2, 0.25) is 0 Å². The molecule has 1 aromatic heterocycles. The third-order valence-corrected chi connectivity index (χ3v) is 9.59. The summed E-state index contributed by atoms with van der Waals surface area (Å²) in [6.45, 7) is 6.79. The lowest BCUT2D eigenvalue weighted by atomic mass is 10.1. The summed E-state index contributed by atoms with van der Waals surface area (Å²) >= 11 is 0.614. The molecule has 0 saturated carbocycles. The van der Waals surface area contributed by atoms with Crippen molar-refractivity contribution in [3.63, 3.8) is 0 Å². The number of halogens is 1. The molecule has 168 valence electrons. The Hall–Kier alpha value is -0.760. The number of carbonyl (C=O) groups excluding carboxylic acids is 1. The summed E-state index contributed by atoms with van der Waals surface area (Å²) in [6, 6.07) is 1.21. The predicted octanol–water partition coefficient (Wildman–Crippen LogP) is 1.63. The van der Waals surface area contributed by atoms with Gasteiger partial charge in [0.15, 0.2) is 0 Å². The van der Waals surface area contributed by atoms with Crippen LogP contribution in [0.3, 0.4) is 0 Å². The molecule has 1 aromatic rings. The van der Waals surface area contributed by atoms with E-state index in [1.54, 1.807) is 27.7 Å². The van der Waals surface area contributed by atoms with Gasteiger partial charge in [-0.25, -0.2) is 21.6 Å². The van der Waals surface area contributed by atoms with Gasteiger partial charge in [-0.15, -0.1) is 23.7 Å².